The zero-order valence-corrected chi connectivity index (χ0v) is 10.6. The Balaban J connectivity index is 2.42. The highest BCUT2D eigenvalue weighted by Crippen LogP contribution is 2.20. The first-order valence-corrected chi connectivity index (χ1v) is 6.00. The zero-order chi connectivity index (χ0) is 13.1. The van der Waals surface area contributed by atoms with Gasteiger partial charge in [-0.2, -0.15) is 5.10 Å². The molecule has 1 N–H and O–H groups in total. The van der Waals surface area contributed by atoms with Gasteiger partial charge in [0.15, 0.2) is 0 Å². The Morgan fingerprint density at radius 1 is 1.33 bits per heavy atom. The van der Waals surface area contributed by atoms with E-state index in [0.717, 1.165) is 12.0 Å². The van der Waals surface area contributed by atoms with E-state index in [1.807, 2.05) is 38.1 Å². The van der Waals surface area contributed by atoms with Crippen molar-refractivity contribution in [2.75, 3.05) is 0 Å². The lowest BCUT2D eigenvalue weighted by molar-refractivity contribution is 0.0683. The summed E-state index contributed by atoms with van der Waals surface area (Å²) < 4.78 is 1.55. The highest BCUT2D eigenvalue weighted by Gasteiger charge is 2.14. The number of aromatic carboxylic acids is 1. The van der Waals surface area contributed by atoms with Crippen molar-refractivity contribution in [2.24, 2.45) is 0 Å². The van der Waals surface area contributed by atoms with Gasteiger partial charge in [-0.3, -0.25) is 4.68 Å². The maximum Gasteiger partial charge on any atom is 0.354 e. The average Bonchev–Trinajstić information content (AvgIpc) is 2.75. The van der Waals surface area contributed by atoms with Crippen LogP contribution in [0.3, 0.4) is 0 Å². The smallest absolute Gasteiger partial charge is 0.354 e. The molecule has 2 aromatic rings. The Morgan fingerprint density at radius 3 is 2.56 bits per heavy atom. The summed E-state index contributed by atoms with van der Waals surface area (Å²) in [6.07, 6.45) is 0.856. The second kappa shape index (κ2) is 5.04. The lowest BCUT2D eigenvalue weighted by Gasteiger charge is -2.00. The molecule has 1 heterocycles. The van der Waals surface area contributed by atoms with Gasteiger partial charge in [0.05, 0.1) is 5.69 Å². The van der Waals surface area contributed by atoms with E-state index in [2.05, 4.69) is 5.10 Å². The summed E-state index contributed by atoms with van der Waals surface area (Å²) in [6.45, 7) is 4.63. The molecule has 0 aliphatic heterocycles. The van der Waals surface area contributed by atoms with Crippen LogP contribution in [-0.2, 0) is 6.54 Å². The van der Waals surface area contributed by atoms with Crippen molar-refractivity contribution in [3.05, 3.63) is 41.6 Å². The van der Waals surface area contributed by atoms with Gasteiger partial charge in [-0.05, 0) is 19.4 Å². The minimum Gasteiger partial charge on any atom is -0.477 e. The molecule has 94 valence electrons. The van der Waals surface area contributed by atoms with Crippen LogP contribution in [0.5, 0.6) is 0 Å². The second-order valence-corrected chi connectivity index (χ2v) is 4.31. The van der Waals surface area contributed by atoms with Crippen LogP contribution in [-0.4, -0.2) is 20.9 Å². The molecule has 2 rings (SSSR count). The van der Waals surface area contributed by atoms with Crippen LogP contribution in [0.1, 0.15) is 29.4 Å². The number of aryl methyl sites for hydroxylation is 2. The summed E-state index contributed by atoms with van der Waals surface area (Å²) in [5.74, 6) is -0.936. The molecule has 0 saturated heterocycles. The summed E-state index contributed by atoms with van der Waals surface area (Å²) in [5.41, 5.74) is 3.07. The van der Waals surface area contributed by atoms with Gasteiger partial charge in [0.1, 0.15) is 5.69 Å². The highest BCUT2D eigenvalue weighted by atomic mass is 16.4. The average molecular weight is 244 g/mol. The topological polar surface area (TPSA) is 55.1 Å². The predicted octanol–water partition coefficient (Wildman–Crippen LogP) is 2.97. The van der Waals surface area contributed by atoms with Crippen LogP contribution in [0.4, 0.5) is 0 Å². The number of carbonyl (C=O) groups is 1. The highest BCUT2D eigenvalue weighted by molar-refractivity contribution is 5.87. The summed E-state index contributed by atoms with van der Waals surface area (Å²) in [5, 5.41) is 13.5. The number of benzene rings is 1. The van der Waals surface area contributed by atoms with E-state index in [-0.39, 0.29) is 5.69 Å². The molecular formula is C14H16N2O2. The van der Waals surface area contributed by atoms with Gasteiger partial charge < -0.3 is 5.11 Å². The second-order valence-electron chi connectivity index (χ2n) is 4.31. The molecule has 0 unspecified atom stereocenters. The molecule has 0 fully saturated rings. The number of rotatable bonds is 4. The molecule has 0 aliphatic rings. The molecule has 0 atom stereocenters. The first-order valence-electron chi connectivity index (χ1n) is 6.00. The number of hydrogen-bond acceptors (Lipinski definition) is 2. The van der Waals surface area contributed by atoms with Crippen LogP contribution in [0.2, 0.25) is 0 Å². The lowest BCUT2D eigenvalue weighted by Crippen LogP contribution is -2.09. The summed E-state index contributed by atoms with van der Waals surface area (Å²) in [4.78, 5) is 11.1. The third kappa shape index (κ3) is 2.42. The van der Waals surface area contributed by atoms with Crippen molar-refractivity contribution in [3.63, 3.8) is 0 Å². The summed E-state index contributed by atoms with van der Waals surface area (Å²) >= 11 is 0. The molecule has 0 spiro atoms. The van der Waals surface area contributed by atoms with E-state index in [4.69, 9.17) is 5.11 Å². The fourth-order valence-electron chi connectivity index (χ4n) is 1.84. The number of nitrogens with zero attached hydrogens (tertiary/aromatic N) is 2. The van der Waals surface area contributed by atoms with E-state index >= 15 is 0 Å². The summed E-state index contributed by atoms with van der Waals surface area (Å²) in [7, 11) is 0. The molecule has 1 aromatic carbocycles. The quantitative estimate of drug-likeness (QED) is 0.899. The molecule has 1 aromatic heterocycles. The van der Waals surface area contributed by atoms with Crippen LogP contribution in [0.15, 0.2) is 30.3 Å². The van der Waals surface area contributed by atoms with Gasteiger partial charge in [0.25, 0.3) is 0 Å². The molecule has 4 heteroatoms. The fraction of sp³-hybridized carbons (Fsp3) is 0.286. The molecule has 0 radical (unpaired) electrons. The van der Waals surface area contributed by atoms with E-state index in [1.54, 1.807) is 10.7 Å². The van der Waals surface area contributed by atoms with Gasteiger partial charge in [0.2, 0.25) is 0 Å². The van der Waals surface area contributed by atoms with Crippen molar-refractivity contribution >= 4 is 5.97 Å². The molecular weight excluding hydrogens is 228 g/mol. The molecule has 18 heavy (non-hydrogen) atoms. The minimum atomic E-state index is -0.936. The van der Waals surface area contributed by atoms with Gasteiger partial charge in [-0.1, -0.05) is 36.8 Å². The van der Waals surface area contributed by atoms with Gasteiger partial charge >= 0.3 is 5.97 Å². The number of carboxylic acids is 1. The fourth-order valence-corrected chi connectivity index (χ4v) is 1.84. The third-order valence-electron chi connectivity index (χ3n) is 2.78. The minimum absolute atomic E-state index is 0.243. The zero-order valence-electron chi connectivity index (χ0n) is 10.6. The Hall–Kier alpha value is -2.10. The predicted molar refractivity (Wildman–Crippen MR) is 69.7 cm³/mol. The van der Waals surface area contributed by atoms with E-state index in [1.165, 1.54) is 5.56 Å². The van der Waals surface area contributed by atoms with Crippen LogP contribution in [0, 0.1) is 6.92 Å². The van der Waals surface area contributed by atoms with Crippen molar-refractivity contribution in [1.29, 1.82) is 0 Å². The molecule has 0 bridgehead atoms. The van der Waals surface area contributed by atoms with E-state index in [0.29, 0.717) is 12.2 Å². The number of aromatic nitrogens is 2. The lowest BCUT2D eigenvalue weighted by atomic mass is 10.1. The van der Waals surface area contributed by atoms with Crippen molar-refractivity contribution < 1.29 is 9.90 Å². The van der Waals surface area contributed by atoms with Gasteiger partial charge in [-0.15, -0.1) is 0 Å². The molecule has 0 aliphatic carbocycles. The Labute approximate surface area is 106 Å². The number of hydrogen-bond donors (Lipinski definition) is 1. The number of carboxylic acid groups (broad SMARTS) is 1. The van der Waals surface area contributed by atoms with Gasteiger partial charge in [-0.25, -0.2) is 4.79 Å². The van der Waals surface area contributed by atoms with Crippen molar-refractivity contribution in [1.82, 2.24) is 9.78 Å². The van der Waals surface area contributed by atoms with Crippen molar-refractivity contribution in [2.45, 2.75) is 26.8 Å². The largest absolute Gasteiger partial charge is 0.477 e. The van der Waals surface area contributed by atoms with Crippen LogP contribution < -0.4 is 0 Å². The maximum absolute atomic E-state index is 11.1. The van der Waals surface area contributed by atoms with E-state index in [9.17, 15) is 4.79 Å². The third-order valence-corrected chi connectivity index (χ3v) is 2.78. The van der Waals surface area contributed by atoms with Gasteiger partial charge in [0, 0.05) is 12.1 Å². The molecule has 0 amide bonds. The van der Waals surface area contributed by atoms with Crippen LogP contribution in [0.25, 0.3) is 11.3 Å². The van der Waals surface area contributed by atoms with E-state index < -0.39 is 5.97 Å². The Bertz CT molecular complexity index is 556. The molecule has 4 nitrogen and oxygen atoms in total. The first-order chi connectivity index (χ1) is 8.61. The molecule has 0 saturated carbocycles. The SMILES string of the molecule is CCCn1nc(-c2ccc(C)cc2)cc1C(=O)O. The Kier molecular flexibility index (Phi) is 3.46. The van der Waals surface area contributed by atoms with Crippen LogP contribution >= 0.6 is 0 Å². The summed E-state index contributed by atoms with van der Waals surface area (Å²) in [6, 6.07) is 9.53. The first kappa shape index (κ1) is 12.4. The maximum atomic E-state index is 11.1. The van der Waals surface area contributed by atoms with Crippen molar-refractivity contribution in [3.8, 4) is 11.3 Å². The monoisotopic (exact) mass is 244 g/mol. The normalized spacial score (nSPS) is 10.6. The standard InChI is InChI=1S/C14H16N2O2/c1-3-8-16-13(14(17)18)9-12(15-16)11-6-4-10(2)5-7-11/h4-7,9H,3,8H2,1-2H3,(H,17,18). The Morgan fingerprint density at radius 2 is 2.00 bits per heavy atom.